The van der Waals surface area contributed by atoms with E-state index < -0.39 is 17.5 Å². The van der Waals surface area contributed by atoms with Crippen LogP contribution >= 0.6 is 12.2 Å². The zero-order valence-electron chi connectivity index (χ0n) is 10.4. The monoisotopic (exact) mass is 270 g/mol. The van der Waals surface area contributed by atoms with Crippen LogP contribution in [0.15, 0.2) is 18.2 Å². The Labute approximate surface area is 110 Å². The molecular weight excluding hydrogens is 255 g/mol. The molecule has 0 unspecified atom stereocenters. The van der Waals surface area contributed by atoms with E-state index in [0.717, 1.165) is 6.07 Å². The fourth-order valence-corrected chi connectivity index (χ4v) is 1.41. The molecule has 1 rings (SSSR count). The zero-order chi connectivity index (χ0) is 13.9. The molecule has 0 heterocycles. The minimum Gasteiger partial charge on any atom is -0.444 e. The van der Waals surface area contributed by atoms with Crippen LogP contribution in [0.3, 0.4) is 0 Å². The lowest BCUT2D eigenvalue weighted by Gasteiger charge is -2.20. The molecule has 0 atom stereocenters. The Morgan fingerprint density at radius 3 is 2.56 bits per heavy atom. The third kappa shape index (κ3) is 4.29. The van der Waals surface area contributed by atoms with Gasteiger partial charge in [0.2, 0.25) is 0 Å². The van der Waals surface area contributed by atoms with Crippen LogP contribution in [0.5, 0.6) is 0 Å². The van der Waals surface area contributed by atoms with Gasteiger partial charge >= 0.3 is 6.09 Å². The topological polar surface area (TPSA) is 64.3 Å². The predicted molar refractivity (Wildman–Crippen MR) is 72.1 cm³/mol. The molecule has 98 valence electrons. The number of thiocarbonyl (C=S) groups is 1. The zero-order valence-corrected chi connectivity index (χ0v) is 11.2. The average molecular weight is 270 g/mol. The van der Waals surface area contributed by atoms with Crippen LogP contribution in [0.4, 0.5) is 14.9 Å². The second-order valence-electron chi connectivity index (χ2n) is 4.68. The number of anilines is 1. The lowest BCUT2D eigenvalue weighted by molar-refractivity contribution is 0.0636. The molecule has 0 fully saturated rings. The highest BCUT2D eigenvalue weighted by molar-refractivity contribution is 7.80. The molecule has 0 spiro atoms. The van der Waals surface area contributed by atoms with Crippen molar-refractivity contribution in [2.45, 2.75) is 26.4 Å². The van der Waals surface area contributed by atoms with Crippen molar-refractivity contribution in [1.82, 2.24) is 0 Å². The molecule has 1 aromatic rings. The molecule has 0 saturated carbocycles. The molecule has 0 aliphatic rings. The summed E-state index contributed by atoms with van der Waals surface area (Å²) in [6.45, 7) is 5.23. The van der Waals surface area contributed by atoms with Gasteiger partial charge in [-0.1, -0.05) is 12.2 Å². The molecule has 1 amide bonds. The summed E-state index contributed by atoms with van der Waals surface area (Å²) in [5, 5.41) is 2.48. The van der Waals surface area contributed by atoms with Gasteiger partial charge in [0.1, 0.15) is 16.4 Å². The number of hydrogen-bond donors (Lipinski definition) is 2. The normalized spacial score (nSPS) is 10.9. The number of hydrogen-bond acceptors (Lipinski definition) is 3. The number of amides is 1. The molecular formula is C12H15FN2O2S. The van der Waals surface area contributed by atoms with E-state index in [0.29, 0.717) is 5.69 Å². The number of nitrogens with one attached hydrogen (secondary N) is 1. The predicted octanol–water partition coefficient (Wildman–Crippen LogP) is 2.81. The summed E-state index contributed by atoms with van der Waals surface area (Å²) >= 11 is 4.79. The second kappa shape index (κ2) is 5.30. The molecule has 0 aromatic heterocycles. The third-order valence-corrected chi connectivity index (χ3v) is 2.10. The van der Waals surface area contributed by atoms with Gasteiger partial charge in [-0.2, -0.15) is 0 Å². The number of rotatable bonds is 2. The van der Waals surface area contributed by atoms with Crippen molar-refractivity contribution in [3.05, 3.63) is 29.6 Å². The highest BCUT2D eigenvalue weighted by Crippen LogP contribution is 2.18. The first kappa shape index (κ1) is 14.4. The van der Waals surface area contributed by atoms with Crippen LogP contribution in [0, 0.1) is 5.82 Å². The summed E-state index contributed by atoms with van der Waals surface area (Å²) in [7, 11) is 0. The lowest BCUT2D eigenvalue weighted by Crippen LogP contribution is -2.28. The van der Waals surface area contributed by atoms with E-state index >= 15 is 0 Å². The smallest absolute Gasteiger partial charge is 0.412 e. The van der Waals surface area contributed by atoms with Gasteiger partial charge in [-0.15, -0.1) is 0 Å². The summed E-state index contributed by atoms with van der Waals surface area (Å²) in [5.41, 5.74) is 5.42. The highest BCUT2D eigenvalue weighted by Gasteiger charge is 2.17. The van der Waals surface area contributed by atoms with E-state index in [1.165, 1.54) is 12.1 Å². The van der Waals surface area contributed by atoms with Crippen molar-refractivity contribution in [2.75, 3.05) is 5.32 Å². The van der Waals surface area contributed by atoms with Gasteiger partial charge < -0.3 is 10.5 Å². The highest BCUT2D eigenvalue weighted by atomic mass is 32.1. The number of benzene rings is 1. The number of halogens is 1. The van der Waals surface area contributed by atoms with Gasteiger partial charge in [0.25, 0.3) is 0 Å². The van der Waals surface area contributed by atoms with Crippen LogP contribution in [-0.4, -0.2) is 16.7 Å². The van der Waals surface area contributed by atoms with Crippen molar-refractivity contribution < 1.29 is 13.9 Å². The summed E-state index contributed by atoms with van der Waals surface area (Å²) in [4.78, 5) is 11.6. The van der Waals surface area contributed by atoms with Crippen molar-refractivity contribution in [3.8, 4) is 0 Å². The number of nitrogens with two attached hydrogens (primary N) is 1. The Morgan fingerprint density at radius 1 is 1.44 bits per heavy atom. The van der Waals surface area contributed by atoms with E-state index in [1.54, 1.807) is 20.8 Å². The van der Waals surface area contributed by atoms with E-state index in [1.807, 2.05) is 0 Å². The van der Waals surface area contributed by atoms with Gasteiger partial charge in [-0.25, -0.2) is 9.18 Å². The Bertz CT molecular complexity index is 483. The molecule has 0 bridgehead atoms. The maximum atomic E-state index is 13.1. The third-order valence-electron chi connectivity index (χ3n) is 1.88. The molecule has 3 N–H and O–H groups in total. The summed E-state index contributed by atoms with van der Waals surface area (Å²) in [5.74, 6) is -0.479. The lowest BCUT2D eigenvalue weighted by atomic mass is 10.1. The largest absolute Gasteiger partial charge is 0.444 e. The molecule has 0 aliphatic carbocycles. The molecule has 6 heteroatoms. The Kier molecular flexibility index (Phi) is 4.24. The van der Waals surface area contributed by atoms with Crippen LogP contribution in [0.2, 0.25) is 0 Å². The van der Waals surface area contributed by atoms with Gasteiger partial charge in [0, 0.05) is 5.56 Å². The van der Waals surface area contributed by atoms with E-state index in [4.69, 9.17) is 22.7 Å². The first-order valence-corrected chi connectivity index (χ1v) is 5.69. The Hall–Kier alpha value is -1.69. The standard InChI is InChI=1S/C12H15FN2O2S/c1-12(2,3)17-11(16)15-9-5-4-7(13)6-8(9)10(14)18/h4-6H,1-3H3,(H2,14,18)(H,15,16). The van der Waals surface area contributed by atoms with Gasteiger partial charge in [0.15, 0.2) is 0 Å². The maximum absolute atomic E-state index is 13.1. The summed E-state index contributed by atoms with van der Waals surface area (Å²) < 4.78 is 18.1. The number of ether oxygens (including phenoxy) is 1. The fraction of sp³-hybridized carbons (Fsp3) is 0.333. The second-order valence-corrected chi connectivity index (χ2v) is 5.12. The Morgan fingerprint density at radius 2 is 2.06 bits per heavy atom. The fourth-order valence-electron chi connectivity index (χ4n) is 1.24. The van der Waals surface area contributed by atoms with Crippen LogP contribution in [-0.2, 0) is 4.74 Å². The van der Waals surface area contributed by atoms with Crippen LogP contribution < -0.4 is 11.1 Å². The summed E-state index contributed by atoms with van der Waals surface area (Å²) in [6, 6.07) is 3.75. The molecule has 0 saturated heterocycles. The molecule has 0 aliphatic heterocycles. The van der Waals surface area contributed by atoms with Crippen molar-refractivity contribution in [1.29, 1.82) is 0 Å². The minimum absolute atomic E-state index is 0.000517. The SMILES string of the molecule is CC(C)(C)OC(=O)Nc1ccc(F)cc1C(N)=S. The van der Waals surface area contributed by atoms with Crippen molar-refractivity contribution in [2.24, 2.45) is 5.73 Å². The number of carbonyl (C=O) groups is 1. The first-order chi connectivity index (χ1) is 8.19. The van der Waals surface area contributed by atoms with Crippen LogP contribution in [0.1, 0.15) is 26.3 Å². The van der Waals surface area contributed by atoms with Crippen molar-refractivity contribution in [3.63, 3.8) is 0 Å². The number of carbonyl (C=O) groups excluding carboxylic acids is 1. The first-order valence-electron chi connectivity index (χ1n) is 5.28. The molecule has 18 heavy (non-hydrogen) atoms. The summed E-state index contributed by atoms with van der Waals surface area (Å²) in [6.07, 6.45) is -0.647. The minimum atomic E-state index is -0.647. The van der Waals surface area contributed by atoms with Gasteiger partial charge in [0.05, 0.1) is 5.69 Å². The maximum Gasteiger partial charge on any atom is 0.412 e. The van der Waals surface area contributed by atoms with E-state index in [-0.39, 0.29) is 10.6 Å². The van der Waals surface area contributed by atoms with E-state index in [9.17, 15) is 9.18 Å². The molecule has 1 aromatic carbocycles. The molecule has 0 radical (unpaired) electrons. The van der Waals surface area contributed by atoms with E-state index in [2.05, 4.69) is 5.32 Å². The quantitative estimate of drug-likeness (QED) is 0.811. The van der Waals surface area contributed by atoms with Crippen LogP contribution in [0.25, 0.3) is 0 Å². The average Bonchev–Trinajstić information content (AvgIpc) is 2.17. The van der Waals surface area contributed by atoms with Gasteiger partial charge in [-0.3, -0.25) is 5.32 Å². The van der Waals surface area contributed by atoms with Gasteiger partial charge in [-0.05, 0) is 39.0 Å². The Balaban J connectivity index is 2.91. The molecule has 4 nitrogen and oxygen atoms in total. The van der Waals surface area contributed by atoms with Crippen molar-refractivity contribution >= 4 is 29.0 Å².